The lowest BCUT2D eigenvalue weighted by Gasteiger charge is -2.13. The van der Waals surface area contributed by atoms with Crippen LogP contribution in [0, 0.1) is 0 Å². The lowest BCUT2D eigenvalue weighted by molar-refractivity contribution is 0.223. The molecule has 4 nitrogen and oxygen atoms in total. The Hall–Kier alpha value is -2.40. The molecule has 2 aromatic rings. The van der Waals surface area contributed by atoms with Gasteiger partial charge < -0.3 is 19.0 Å². The molecule has 0 spiro atoms. The third-order valence-corrected chi connectivity index (χ3v) is 3.36. The van der Waals surface area contributed by atoms with Gasteiger partial charge >= 0.3 is 10.5 Å². The van der Waals surface area contributed by atoms with E-state index in [1.54, 1.807) is 14.2 Å². The summed E-state index contributed by atoms with van der Waals surface area (Å²) in [6.45, 7) is 3.95. The van der Waals surface area contributed by atoms with Gasteiger partial charge in [-0.1, -0.05) is 24.8 Å². The van der Waals surface area contributed by atoms with E-state index in [2.05, 4.69) is 21.5 Å². The van der Waals surface area contributed by atoms with Crippen molar-refractivity contribution < 1.29 is 19.0 Å². The van der Waals surface area contributed by atoms with Gasteiger partial charge in [-0.15, -0.1) is 0 Å². The SMILES string of the molecule is C=C(/C=C(/O)O[Si])c1ccc(OC)c2c(OC)cccc12. The molecule has 2 aromatic carbocycles. The number of methoxy groups -OCH3 is 2. The Balaban J connectivity index is 2.70. The Morgan fingerprint density at radius 1 is 1.14 bits per heavy atom. The Bertz CT molecular complexity index is 696. The van der Waals surface area contributed by atoms with Crippen LogP contribution >= 0.6 is 0 Å². The van der Waals surface area contributed by atoms with Gasteiger partial charge in [-0.2, -0.15) is 0 Å². The van der Waals surface area contributed by atoms with E-state index in [0.29, 0.717) is 17.1 Å². The summed E-state index contributed by atoms with van der Waals surface area (Å²) in [5.41, 5.74) is 1.45. The molecule has 1 N–H and O–H groups in total. The molecule has 107 valence electrons. The average Bonchev–Trinajstić information content (AvgIpc) is 2.52. The third kappa shape index (κ3) is 2.87. The first kappa shape index (κ1) is 15.0. The summed E-state index contributed by atoms with van der Waals surface area (Å²) in [6, 6.07) is 9.42. The van der Waals surface area contributed by atoms with E-state index < -0.39 is 0 Å². The highest BCUT2D eigenvalue weighted by Gasteiger charge is 2.12. The highest BCUT2D eigenvalue weighted by atomic mass is 28.2. The topological polar surface area (TPSA) is 47.9 Å². The molecular formula is C16H15O4Si. The molecule has 0 unspecified atom stereocenters. The maximum atomic E-state index is 9.44. The Morgan fingerprint density at radius 2 is 1.81 bits per heavy atom. The molecule has 0 aliphatic carbocycles. The van der Waals surface area contributed by atoms with Crippen molar-refractivity contribution >= 4 is 26.8 Å². The highest BCUT2D eigenvalue weighted by molar-refractivity contribution is 6.02. The molecule has 3 radical (unpaired) electrons. The molecule has 2 rings (SSSR count). The molecule has 0 aliphatic rings. The lowest BCUT2D eigenvalue weighted by Crippen LogP contribution is -1.93. The van der Waals surface area contributed by atoms with Crippen LogP contribution in [0.1, 0.15) is 5.56 Å². The van der Waals surface area contributed by atoms with Gasteiger partial charge in [0, 0.05) is 6.08 Å². The number of rotatable bonds is 5. The largest absolute Gasteiger partial charge is 0.516 e. The van der Waals surface area contributed by atoms with Crippen LogP contribution < -0.4 is 9.47 Å². The van der Waals surface area contributed by atoms with Crippen LogP contribution in [0.5, 0.6) is 11.5 Å². The summed E-state index contributed by atoms with van der Waals surface area (Å²) in [7, 11) is 5.98. The van der Waals surface area contributed by atoms with E-state index in [0.717, 1.165) is 16.3 Å². The standard InChI is InChI=1S/C16H15O4Si/c1-10(9-15(17)20-21)11-7-8-14(19-3)16-12(11)5-4-6-13(16)18-2/h4-9,17H,1H2,2-3H3/b15-9-. The van der Waals surface area contributed by atoms with Crippen molar-refractivity contribution in [2.45, 2.75) is 0 Å². The quantitative estimate of drug-likeness (QED) is 0.522. The normalized spacial score (nSPS) is 11.3. The van der Waals surface area contributed by atoms with Gasteiger partial charge in [0.2, 0.25) is 0 Å². The smallest absolute Gasteiger partial charge is 0.345 e. The molecule has 5 heteroatoms. The molecule has 21 heavy (non-hydrogen) atoms. The van der Waals surface area contributed by atoms with E-state index >= 15 is 0 Å². The minimum absolute atomic E-state index is 0.275. The first-order chi connectivity index (χ1) is 10.1. The second-order valence-corrected chi connectivity index (χ2v) is 4.51. The molecule has 0 aromatic heterocycles. The monoisotopic (exact) mass is 299 g/mol. The molecular weight excluding hydrogens is 284 g/mol. The van der Waals surface area contributed by atoms with Gasteiger partial charge in [0.05, 0.1) is 19.6 Å². The van der Waals surface area contributed by atoms with Gasteiger partial charge in [0.15, 0.2) is 0 Å². The Morgan fingerprint density at radius 3 is 2.43 bits per heavy atom. The molecule has 0 saturated carbocycles. The van der Waals surface area contributed by atoms with Crippen molar-refractivity contribution in [2.75, 3.05) is 14.2 Å². The van der Waals surface area contributed by atoms with Crippen LogP contribution in [0.25, 0.3) is 16.3 Å². The van der Waals surface area contributed by atoms with E-state index in [1.807, 2.05) is 30.3 Å². The molecule has 0 heterocycles. The van der Waals surface area contributed by atoms with Crippen molar-refractivity contribution in [3.8, 4) is 11.5 Å². The van der Waals surface area contributed by atoms with Crippen molar-refractivity contribution in [3.63, 3.8) is 0 Å². The summed E-state index contributed by atoms with van der Waals surface area (Å²) in [6.07, 6.45) is 1.42. The summed E-state index contributed by atoms with van der Waals surface area (Å²) >= 11 is 0. The van der Waals surface area contributed by atoms with Crippen LogP contribution in [0.2, 0.25) is 0 Å². The molecule has 0 amide bonds. The fraction of sp³-hybridized carbons (Fsp3) is 0.125. The Labute approximate surface area is 126 Å². The Kier molecular flexibility index (Phi) is 4.54. The van der Waals surface area contributed by atoms with Gasteiger partial charge in [0.1, 0.15) is 11.5 Å². The fourth-order valence-electron chi connectivity index (χ4n) is 2.22. The highest BCUT2D eigenvalue weighted by Crippen LogP contribution is 2.38. The zero-order chi connectivity index (χ0) is 15.4. The van der Waals surface area contributed by atoms with Gasteiger partial charge in [-0.05, 0) is 28.7 Å². The molecule has 0 fully saturated rings. The second kappa shape index (κ2) is 6.36. The zero-order valence-corrected chi connectivity index (χ0v) is 12.8. The van der Waals surface area contributed by atoms with Gasteiger partial charge in [0.25, 0.3) is 5.95 Å². The van der Waals surface area contributed by atoms with Crippen LogP contribution in [0.3, 0.4) is 0 Å². The number of aliphatic hydroxyl groups is 1. The number of allylic oxidation sites excluding steroid dienone is 2. The van der Waals surface area contributed by atoms with E-state index in [-0.39, 0.29) is 5.95 Å². The fourth-order valence-corrected chi connectivity index (χ4v) is 2.28. The summed E-state index contributed by atoms with van der Waals surface area (Å²) in [5, 5.41) is 11.2. The van der Waals surface area contributed by atoms with Gasteiger partial charge in [-0.3, -0.25) is 0 Å². The van der Waals surface area contributed by atoms with E-state index in [4.69, 9.17) is 9.47 Å². The van der Waals surface area contributed by atoms with Crippen molar-refractivity contribution in [1.82, 2.24) is 0 Å². The third-order valence-electron chi connectivity index (χ3n) is 3.15. The number of ether oxygens (including phenoxy) is 2. The van der Waals surface area contributed by atoms with Crippen molar-refractivity contribution in [2.24, 2.45) is 0 Å². The van der Waals surface area contributed by atoms with Crippen molar-refractivity contribution in [3.05, 3.63) is 54.5 Å². The van der Waals surface area contributed by atoms with Crippen LogP contribution in [-0.2, 0) is 4.43 Å². The number of hydrogen-bond acceptors (Lipinski definition) is 4. The number of aliphatic hydroxyl groups excluding tert-OH is 1. The molecule has 0 saturated heterocycles. The molecule has 0 aliphatic heterocycles. The molecule has 0 atom stereocenters. The summed E-state index contributed by atoms with van der Waals surface area (Å²) < 4.78 is 15.4. The minimum Gasteiger partial charge on any atom is -0.516 e. The minimum atomic E-state index is -0.275. The first-order valence-corrected chi connectivity index (χ1v) is 6.60. The lowest BCUT2D eigenvalue weighted by atomic mass is 9.98. The van der Waals surface area contributed by atoms with Crippen LogP contribution in [0.4, 0.5) is 0 Å². The maximum Gasteiger partial charge on any atom is 0.345 e. The predicted octanol–water partition coefficient (Wildman–Crippen LogP) is 3.37. The number of benzene rings is 2. The predicted molar refractivity (Wildman–Crippen MR) is 83.6 cm³/mol. The average molecular weight is 299 g/mol. The number of hydrogen-bond donors (Lipinski definition) is 1. The van der Waals surface area contributed by atoms with Crippen molar-refractivity contribution in [1.29, 1.82) is 0 Å². The maximum absolute atomic E-state index is 9.44. The summed E-state index contributed by atoms with van der Waals surface area (Å²) in [4.78, 5) is 0. The number of fused-ring (bicyclic) bond motifs is 1. The second-order valence-electron chi connectivity index (χ2n) is 4.31. The summed E-state index contributed by atoms with van der Waals surface area (Å²) in [5.74, 6) is 1.15. The first-order valence-electron chi connectivity index (χ1n) is 6.19. The van der Waals surface area contributed by atoms with E-state index in [9.17, 15) is 5.11 Å². The van der Waals surface area contributed by atoms with Crippen LogP contribution in [-0.4, -0.2) is 29.8 Å². The van der Waals surface area contributed by atoms with E-state index in [1.165, 1.54) is 6.08 Å². The van der Waals surface area contributed by atoms with Gasteiger partial charge in [-0.25, -0.2) is 0 Å². The molecule has 0 bridgehead atoms. The zero-order valence-electron chi connectivity index (χ0n) is 11.8. The van der Waals surface area contributed by atoms with Crippen LogP contribution in [0.15, 0.2) is 48.9 Å².